The Kier molecular flexibility index (Phi) is 5.41. The van der Waals surface area contributed by atoms with Crippen LogP contribution in [0, 0.1) is 19.3 Å². The zero-order valence-corrected chi connectivity index (χ0v) is 19.6. The molecule has 0 saturated carbocycles. The molecule has 0 aromatic heterocycles. The highest BCUT2D eigenvalue weighted by molar-refractivity contribution is 6.08. The number of rotatable bonds is 3. The van der Waals surface area contributed by atoms with Crippen LogP contribution < -0.4 is 4.90 Å². The zero-order chi connectivity index (χ0) is 22.5. The number of amides is 1. The highest BCUT2D eigenvalue weighted by Crippen LogP contribution is 2.48. The summed E-state index contributed by atoms with van der Waals surface area (Å²) >= 11 is 0. The molecule has 1 aliphatic heterocycles. The van der Waals surface area contributed by atoms with Crippen LogP contribution in [-0.2, 0) is 9.59 Å². The third-order valence-corrected chi connectivity index (χ3v) is 6.97. The van der Waals surface area contributed by atoms with Crippen molar-refractivity contribution >= 4 is 17.4 Å². The second-order valence-corrected chi connectivity index (χ2v) is 10.3. The molecule has 0 spiro atoms. The lowest BCUT2D eigenvalue weighted by molar-refractivity contribution is -0.121. The Morgan fingerprint density at radius 3 is 2.29 bits per heavy atom. The molecule has 0 fully saturated rings. The second kappa shape index (κ2) is 7.78. The topological polar surface area (TPSA) is 37.4 Å². The Morgan fingerprint density at radius 1 is 0.968 bits per heavy atom. The SMILES string of the molecule is Cc1cccc(N2C(=O)CC(c3ccc(C(C)C)cc3)C3=C2CC(C)(C)CC3=O)c1C. The number of Topliss-reactive ketones (excluding diaryl/α,β-unsaturated/α-hetero) is 1. The largest absolute Gasteiger partial charge is 0.294 e. The number of hydrogen-bond acceptors (Lipinski definition) is 2. The molecule has 162 valence electrons. The maximum atomic E-state index is 13.6. The van der Waals surface area contributed by atoms with Crippen molar-refractivity contribution in [1.82, 2.24) is 0 Å². The molecule has 1 unspecified atom stereocenters. The molecule has 1 aliphatic carbocycles. The highest BCUT2D eigenvalue weighted by Gasteiger charge is 2.44. The number of carbonyl (C=O) groups is 2. The van der Waals surface area contributed by atoms with Crippen molar-refractivity contribution in [3.8, 4) is 0 Å². The first-order valence-electron chi connectivity index (χ1n) is 11.3. The van der Waals surface area contributed by atoms with Crippen LogP contribution in [0.15, 0.2) is 53.7 Å². The van der Waals surface area contributed by atoms with E-state index < -0.39 is 0 Å². The van der Waals surface area contributed by atoms with Gasteiger partial charge in [-0.2, -0.15) is 0 Å². The van der Waals surface area contributed by atoms with Crippen molar-refractivity contribution in [1.29, 1.82) is 0 Å². The summed E-state index contributed by atoms with van der Waals surface area (Å²) in [5, 5.41) is 0. The monoisotopic (exact) mass is 415 g/mol. The highest BCUT2D eigenvalue weighted by atomic mass is 16.2. The van der Waals surface area contributed by atoms with Crippen LogP contribution in [0.1, 0.15) is 81.0 Å². The number of allylic oxidation sites excluding steroid dienone is 2. The van der Waals surface area contributed by atoms with Crippen LogP contribution in [-0.4, -0.2) is 11.7 Å². The molecule has 0 radical (unpaired) electrons. The van der Waals surface area contributed by atoms with Crippen LogP contribution >= 0.6 is 0 Å². The maximum Gasteiger partial charge on any atom is 0.232 e. The summed E-state index contributed by atoms with van der Waals surface area (Å²) in [6.07, 6.45) is 1.59. The Hall–Kier alpha value is -2.68. The molecule has 3 nitrogen and oxygen atoms in total. The number of benzene rings is 2. The predicted octanol–water partition coefficient (Wildman–Crippen LogP) is 6.59. The van der Waals surface area contributed by atoms with Crippen LogP contribution in [0.4, 0.5) is 5.69 Å². The average Bonchev–Trinajstić information content (AvgIpc) is 2.69. The first-order chi connectivity index (χ1) is 14.6. The lowest BCUT2D eigenvalue weighted by Crippen LogP contribution is -2.44. The van der Waals surface area contributed by atoms with Gasteiger partial charge in [-0.15, -0.1) is 0 Å². The van der Waals surface area contributed by atoms with Gasteiger partial charge in [0.2, 0.25) is 5.91 Å². The van der Waals surface area contributed by atoms with Gasteiger partial charge in [0.15, 0.2) is 5.78 Å². The fourth-order valence-corrected chi connectivity index (χ4v) is 5.07. The maximum absolute atomic E-state index is 13.6. The predicted molar refractivity (Wildman–Crippen MR) is 126 cm³/mol. The van der Waals surface area contributed by atoms with E-state index in [0.717, 1.165) is 40.1 Å². The van der Waals surface area contributed by atoms with Gasteiger partial charge in [0.25, 0.3) is 0 Å². The number of anilines is 1. The Balaban J connectivity index is 1.88. The molecular formula is C28H33NO2. The van der Waals surface area contributed by atoms with E-state index in [-0.39, 0.29) is 23.0 Å². The van der Waals surface area contributed by atoms with E-state index in [1.165, 1.54) is 5.56 Å². The smallest absolute Gasteiger partial charge is 0.232 e. The third-order valence-electron chi connectivity index (χ3n) is 6.97. The van der Waals surface area contributed by atoms with Crippen LogP contribution in [0.3, 0.4) is 0 Å². The van der Waals surface area contributed by atoms with Crippen molar-refractivity contribution in [2.45, 2.75) is 72.6 Å². The van der Waals surface area contributed by atoms with Gasteiger partial charge >= 0.3 is 0 Å². The fraction of sp³-hybridized carbons (Fsp3) is 0.429. The van der Waals surface area contributed by atoms with Crippen molar-refractivity contribution < 1.29 is 9.59 Å². The normalized spacial score (nSPS) is 21.0. The molecule has 1 heterocycles. The second-order valence-electron chi connectivity index (χ2n) is 10.3. The van der Waals surface area contributed by atoms with Gasteiger partial charge in [-0.3, -0.25) is 14.5 Å². The summed E-state index contributed by atoms with van der Waals surface area (Å²) < 4.78 is 0. The lowest BCUT2D eigenvalue weighted by atomic mass is 9.69. The Labute approximate surface area is 186 Å². The van der Waals surface area contributed by atoms with E-state index in [4.69, 9.17) is 0 Å². The molecule has 31 heavy (non-hydrogen) atoms. The van der Waals surface area contributed by atoms with Crippen molar-refractivity contribution in [2.75, 3.05) is 4.90 Å². The van der Waals surface area contributed by atoms with Gasteiger partial charge in [0.05, 0.1) is 5.69 Å². The summed E-state index contributed by atoms with van der Waals surface area (Å²) in [6.45, 7) is 12.7. The summed E-state index contributed by atoms with van der Waals surface area (Å²) in [6, 6.07) is 14.6. The fourth-order valence-electron chi connectivity index (χ4n) is 5.07. The minimum absolute atomic E-state index is 0.0795. The van der Waals surface area contributed by atoms with Gasteiger partial charge in [-0.05, 0) is 59.9 Å². The number of carbonyl (C=O) groups excluding carboxylic acids is 2. The minimum Gasteiger partial charge on any atom is -0.294 e. The van der Waals surface area contributed by atoms with Gasteiger partial charge in [0, 0.05) is 30.0 Å². The molecule has 3 heteroatoms. The van der Waals surface area contributed by atoms with Crippen molar-refractivity contribution in [3.05, 3.63) is 76.0 Å². The first-order valence-corrected chi connectivity index (χ1v) is 11.3. The molecule has 2 aromatic rings. The zero-order valence-electron chi connectivity index (χ0n) is 19.6. The van der Waals surface area contributed by atoms with Gasteiger partial charge in [0.1, 0.15) is 0 Å². The Morgan fingerprint density at radius 2 is 1.65 bits per heavy atom. The molecule has 4 rings (SSSR count). The molecule has 2 aliphatic rings. The number of nitrogens with zero attached hydrogens (tertiary/aromatic N) is 1. The number of aryl methyl sites for hydroxylation is 1. The molecule has 0 N–H and O–H groups in total. The van der Waals surface area contributed by atoms with E-state index in [1.807, 2.05) is 17.0 Å². The number of hydrogen-bond donors (Lipinski definition) is 0. The quantitative estimate of drug-likeness (QED) is 0.567. The molecule has 0 saturated heterocycles. The van der Waals surface area contributed by atoms with Gasteiger partial charge in [-0.25, -0.2) is 0 Å². The van der Waals surface area contributed by atoms with E-state index in [1.54, 1.807) is 0 Å². The van der Waals surface area contributed by atoms with Gasteiger partial charge < -0.3 is 0 Å². The average molecular weight is 416 g/mol. The molecular weight excluding hydrogens is 382 g/mol. The van der Waals surface area contributed by atoms with E-state index >= 15 is 0 Å². The summed E-state index contributed by atoms with van der Waals surface area (Å²) in [7, 11) is 0. The lowest BCUT2D eigenvalue weighted by Gasteiger charge is -2.43. The van der Waals surface area contributed by atoms with Crippen molar-refractivity contribution in [3.63, 3.8) is 0 Å². The first kappa shape index (κ1) is 21.5. The van der Waals surface area contributed by atoms with Crippen molar-refractivity contribution in [2.24, 2.45) is 5.41 Å². The van der Waals surface area contributed by atoms with E-state index in [2.05, 4.69) is 71.9 Å². The summed E-state index contributed by atoms with van der Waals surface area (Å²) in [5.74, 6) is 0.560. The van der Waals surface area contributed by atoms with E-state index in [0.29, 0.717) is 18.8 Å². The van der Waals surface area contributed by atoms with Crippen LogP contribution in [0.5, 0.6) is 0 Å². The molecule has 2 aromatic carbocycles. The van der Waals surface area contributed by atoms with E-state index in [9.17, 15) is 9.59 Å². The molecule has 1 atom stereocenters. The summed E-state index contributed by atoms with van der Waals surface area (Å²) in [5.41, 5.74) is 7.10. The minimum atomic E-state index is -0.159. The van der Waals surface area contributed by atoms with Crippen LogP contribution in [0.25, 0.3) is 0 Å². The molecule has 0 bridgehead atoms. The van der Waals surface area contributed by atoms with Gasteiger partial charge in [-0.1, -0.05) is 64.1 Å². The third kappa shape index (κ3) is 3.86. The number of ketones is 1. The summed E-state index contributed by atoms with van der Waals surface area (Å²) in [4.78, 5) is 28.9. The van der Waals surface area contributed by atoms with Crippen LogP contribution in [0.2, 0.25) is 0 Å². The standard InChI is InChI=1S/C28H33NO2/c1-17(2)20-10-12-21(13-11-20)22-14-26(31)29(23-9-7-8-18(3)19(23)4)24-15-28(5,6)16-25(30)27(22)24/h7-13,17,22H,14-16H2,1-6H3. The Bertz CT molecular complexity index is 1070. The molecule has 1 amide bonds.